The van der Waals surface area contributed by atoms with Gasteiger partial charge in [0.2, 0.25) is 0 Å². The van der Waals surface area contributed by atoms with E-state index >= 15 is 0 Å². The number of nitrogens with zero attached hydrogens (tertiary/aromatic N) is 3. The number of phenols is 2. The number of ether oxygens (including phenoxy) is 4. The van der Waals surface area contributed by atoms with Crippen molar-refractivity contribution in [1.29, 1.82) is 0 Å². The van der Waals surface area contributed by atoms with Crippen molar-refractivity contribution >= 4 is 24.4 Å². The van der Waals surface area contributed by atoms with Gasteiger partial charge in [-0.1, -0.05) is 129 Å². The fourth-order valence-corrected chi connectivity index (χ4v) is 7.97. The molecule has 0 radical (unpaired) electrons. The third-order valence-corrected chi connectivity index (χ3v) is 12.2. The van der Waals surface area contributed by atoms with Crippen LogP contribution in [0.25, 0.3) is 0 Å². The summed E-state index contributed by atoms with van der Waals surface area (Å²) in [7, 11) is 2.04. The third kappa shape index (κ3) is 24.2. The number of esters is 2. The number of carbonyl (C=O) groups excluding carboxylic acids is 2. The topological polar surface area (TPSA) is 139 Å². The molecule has 4 rings (SSSR count). The van der Waals surface area contributed by atoms with E-state index in [0.717, 1.165) is 63.1 Å². The van der Waals surface area contributed by atoms with Gasteiger partial charge in [-0.2, -0.15) is 0 Å². The Morgan fingerprint density at radius 1 is 0.457 bits per heavy atom. The van der Waals surface area contributed by atoms with Gasteiger partial charge in [0.1, 0.15) is 34.5 Å². The zero-order valence-electron chi connectivity index (χ0n) is 42.7. The van der Waals surface area contributed by atoms with Gasteiger partial charge in [0.15, 0.2) is 0 Å². The van der Waals surface area contributed by atoms with E-state index in [1.54, 1.807) is 85.2 Å². The summed E-state index contributed by atoms with van der Waals surface area (Å²) in [4.78, 5) is 37.0. The zero-order valence-corrected chi connectivity index (χ0v) is 42.7. The summed E-state index contributed by atoms with van der Waals surface area (Å²) in [5, 5.41) is 20.9. The van der Waals surface area contributed by atoms with Crippen LogP contribution >= 0.6 is 0 Å². The van der Waals surface area contributed by atoms with E-state index in [0.29, 0.717) is 60.1 Å². The van der Waals surface area contributed by atoms with Gasteiger partial charge in [-0.25, -0.2) is 9.59 Å². The standard InChI is InChI=1S/C59H83N3O8/c1-4-6-8-10-12-14-16-18-20-22-42-67-52-30-26-48(27-31-52)58(65)69-54-34-36-56(63)50(44-54)46-60-38-24-40-62(3)41-25-39-61-47-51-45-55(35-37-57(51)64)70-59(66)49-28-32-53(33-29-49)68-43-23-21-19-17-15-13-11-9-7-5-2/h26-37,44-47,63-64H,4-25,38-43H2,1-3H3. The van der Waals surface area contributed by atoms with Crippen molar-refractivity contribution in [2.45, 2.75) is 155 Å². The summed E-state index contributed by atoms with van der Waals surface area (Å²) >= 11 is 0. The second-order valence-electron chi connectivity index (χ2n) is 18.4. The smallest absolute Gasteiger partial charge is 0.343 e. The first-order valence-electron chi connectivity index (χ1n) is 26.5. The van der Waals surface area contributed by atoms with Crippen LogP contribution in [0.5, 0.6) is 34.5 Å². The Morgan fingerprint density at radius 3 is 1.14 bits per heavy atom. The fraction of sp³-hybridized carbons (Fsp3) is 0.525. The van der Waals surface area contributed by atoms with E-state index < -0.39 is 11.9 Å². The average molecular weight is 962 g/mol. The highest BCUT2D eigenvalue weighted by Gasteiger charge is 2.13. The van der Waals surface area contributed by atoms with Crippen LogP contribution in [0.15, 0.2) is 94.9 Å². The molecule has 0 heterocycles. The first kappa shape index (κ1) is 56.9. The summed E-state index contributed by atoms with van der Waals surface area (Å²) < 4.78 is 23.0. The van der Waals surface area contributed by atoms with E-state index in [1.807, 2.05) is 7.05 Å². The Hall–Kier alpha value is -5.68. The number of phenolic OH excluding ortho intramolecular Hbond substituents is 2. The molecule has 0 saturated heterocycles. The van der Waals surface area contributed by atoms with Crippen LogP contribution in [0.2, 0.25) is 0 Å². The van der Waals surface area contributed by atoms with Gasteiger partial charge in [-0.05, 0) is 131 Å². The summed E-state index contributed by atoms with van der Waals surface area (Å²) in [5.41, 5.74) is 1.75. The number of carbonyl (C=O) groups is 2. The molecule has 0 unspecified atom stereocenters. The summed E-state index contributed by atoms with van der Waals surface area (Å²) in [5.74, 6) is 1.20. The van der Waals surface area contributed by atoms with Crippen molar-refractivity contribution in [3.8, 4) is 34.5 Å². The molecule has 4 aromatic rings. The van der Waals surface area contributed by atoms with E-state index in [9.17, 15) is 19.8 Å². The Kier molecular flexibility index (Phi) is 28.8. The number of hydrogen-bond donors (Lipinski definition) is 2. The molecule has 382 valence electrons. The van der Waals surface area contributed by atoms with Gasteiger partial charge >= 0.3 is 11.9 Å². The number of hydrogen-bond acceptors (Lipinski definition) is 11. The quantitative estimate of drug-likeness (QED) is 0.0194. The monoisotopic (exact) mass is 962 g/mol. The molecular weight excluding hydrogens is 879 g/mol. The zero-order chi connectivity index (χ0) is 49.9. The van der Waals surface area contributed by atoms with Crippen LogP contribution < -0.4 is 18.9 Å². The summed E-state index contributed by atoms with van der Waals surface area (Å²) in [6.07, 6.45) is 30.3. The Bertz CT molecular complexity index is 1950. The fourth-order valence-electron chi connectivity index (χ4n) is 7.97. The molecule has 70 heavy (non-hydrogen) atoms. The minimum atomic E-state index is -0.493. The van der Waals surface area contributed by atoms with Crippen molar-refractivity contribution in [1.82, 2.24) is 4.90 Å². The molecular formula is C59H83N3O8. The highest BCUT2D eigenvalue weighted by Crippen LogP contribution is 2.25. The molecule has 0 bridgehead atoms. The molecule has 11 heteroatoms. The number of aromatic hydroxyl groups is 2. The average Bonchev–Trinajstić information content (AvgIpc) is 3.36. The van der Waals surface area contributed by atoms with E-state index in [-0.39, 0.29) is 11.5 Å². The van der Waals surface area contributed by atoms with E-state index in [4.69, 9.17) is 18.9 Å². The van der Waals surface area contributed by atoms with Gasteiger partial charge in [0.05, 0.1) is 24.3 Å². The lowest BCUT2D eigenvalue weighted by Gasteiger charge is -2.14. The molecule has 0 atom stereocenters. The maximum Gasteiger partial charge on any atom is 0.343 e. The van der Waals surface area contributed by atoms with E-state index in [1.165, 1.54) is 115 Å². The van der Waals surface area contributed by atoms with Crippen LogP contribution in [0.3, 0.4) is 0 Å². The van der Waals surface area contributed by atoms with Crippen LogP contribution in [0, 0.1) is 0 Å². The van der Waals surface area contributed by atoms with Crippen molar-refractivity contribution in [3.63, 3.8) is 0 Å². The number of rotatable bonds is 38. The predicted octanol–water partition coefficient (Wildman–Crippen LogP) is 14.4. The highest BCUT2D eigenvalue weighted by molar-refractivity contribution is 5.92. The molecule has 2 N–H and O–H groups in total. The van der Waals surface area contributed by atoms with Crippen molar-refractivity contribution in [3.05, 3.63) is 107 Å². The lowest BCUT2D eigenvalue weighted by molar-refractivity contribution is 0.0725. The van der Waals surface area contributed by atoms with Crippen molar-refractivity contribution in [2.75, 3.05) is 46.4 Å². The first-order valence-corrected chi connectivity index (χ1v) is 26.5. The molecule has 0 fully saturated rings. The minimum absolute atomic E-state index is 0.0486. The molecule has 0 aromatic heterocycles. The molecule has 0 amide bonds. The van der Waals surface area contributed by atoms with Crippen molar-refractivity contribution in [2.24, 2.45) is 9.98 Å². The number of benzene rings is 4. The van der Waals surface area contributed by atoms with Gasteiger partial charge in [0.25, 0.3) is 0 Å². The Labute approximate surface area is 419 Å². The van der Waals surface area contributed by atoms with Gasteiger partial charge in [0, 0.05) is 36.6 Å². The lowest BCUT2D eigenvalue weighted by atomic mass is 10.1. The van der Waals surface area contributed by atoms with Crippen LogP contribution in [0.1, 0.15) is 187 Å². The Morgan fingerprint density at radius 2 is 0.786 bits per heavy atom. The van der Waals surface area contributed by atoms with Crippen LogP contribution in [0.4, 0.5) is 0 Å². The molecule has 0 aliphatic rings. The number of aliphatic imine (C=N–C) groups is 2. The molecule has 0 saturated carbocycles. The maximum atomic E-state index is 12.9. The van der Waals surface area contributed by atoms with Crippen LogP contribution in [-0.4, -0.2) is 85.9 Å². The molecule has 0 spiro atoms. The summed E-state index contributed by atoms with van der Waals surface area (Å²) in [6, 6.07) is 23.3. The first-order chi connectivity index (χ1) is 34.2. The van der Waals surface area contributed by atoms with Crippen LogP contribution in [-0.2, 0) is 0 Å². The lowest BCUT2D eigenvalue weighted by Crippen LogP contribution is -2.22. The molecule has 11 nitrogen and oxygen atoms in total. The molecule has 0 aliphatic carbocycles. The summed E-state index contributed by atoms with van der Waals surface area (Å²) in [6.45, 7) is 8.56. The second kappa shape index (κ2) is 35.4. The Balaban J connectivity index is 1.06. The second-order valence-corrected chi connectivity index (χ2v) is 18.4. The van der Waals surface area contributed by atoms with E-state index in [2.05, 4.69) is 28.7 Å². The number of unbranched alkanes of at least 4 members (excludes halogenated alkanes) is 18. The van der Waals surface area contributed by atoms with Gasteiger partial charge in [-0.15, -0.1) is 0 Å². The minimum Gasteiger partial charge on any atom is -0.507 e. The third-order valence-electron chi connectivity index (χ3n) is 12.2. The maximum absolute atomic E-state index is 12.9. The normalized spacial score (nSPS) is 11.5. The SMILES string of the molecule is CCCCCCCCCCCCOc1ccc(C(=O)Oc2ccc(O)c(C=NCCCN(C)CCCN=Cc3cc(OC(=O)c4ccc(OCCCCCCCCCCCC)cc4)ccc3O)c2)cc1. The largest absolute Gasteiger partial charge is 0.507 e. The molecule has 0 aliphatic heterocycles. The van der Waals surface area contributed by atoms with Crippen molar-refractivity contribution < 1.29 is 38.7 Å². The van der Waals surface area contributed by atoms with Gasteiger partial charge in [-0.3, -0.25) is 9.98 Å². The highest BCUT2D eigenvalue weighted by atomic mass is 16.5. The van der Waals surface area contributed by atoms with Gasteiger partial charge < -0.3 is 34.1 Å². The molecule has 4 aromatic carbocycles. The predicted molar refractivity (Wildman–Crippen MR) is 285 cm³/mol.